The first kappa shape index (κ1) is 11.2. The second kappa shape index (κ2) is 4.72. The Bertz CT molecular complexity index is 394. The zero-order valence-corrected chi connectivity index (χ0v) is 9.03. The van der Waals surface area contributed by atoms with Crippen LogP contribution in [0.5, 0.6) is 0 Å². The van der Waals surface area contributed by atoms with Gasteiger partial charge in [-0.15, -0.1) is 0 Å². The standard InChI is InChI=1S/C12H15FN2O/c13-10-3-1-2-9(6-10)12(16)8-15-5-4-11(14)7-15/h1-3,6,11H,4-5,7-8,14H2. The van der Waals surface area contributed by atoms with Crippen LogP contribution in [0, 0.1) is 5.82 Å². The molecule has 1 saturated heterocycles. The molecule has 1 fully saturated rings. The average molecular weight is 222 g/mol. The van der Waals surface area contributed by atoms with Crippen molar-refractivity contribution in [3.63, 3.8) is 0 Å². The van der Waals surface area contributed by atoms with Crippen LogP contribution in [0.2, 0.25) is 0 Å². The largest absolute Gasteiger partial charge is 0.326 e. The van der Waals surface area contributed by atoms with Gasteiger partial charge in [0, 0.05) is 24.7 Å². The van der Waals surface area contributed by atoms with Crippen LogP contribution in [0.25, 0.3) is 0 Å². The topological polar surface area (TPSA) is 46.3 Å². The number of ketones is 1. The molecular formula is C12H15FN2O. The first-order valence-corrected chi connectivity index (χ1v) is 5.42. The molecule has 0 aliphatic carbocycles. The molecule has 1 aromatic carbocycles. The van der Waals surface area contributed by atoms with Crippen molar-refractivity contribution in [3.8, 4) is 0 Å². The normalized spacial score (nSPS) is 21.2. The maximum absolute atomic E-state index is 12.9. The SMILES string of the molecule is NC1CCN(CC(=O)c2cccc(F)c2)C1. The van der Waals surface area contributed by atoms with E-state index >= 15 is 0 Å². The summed E-state index contributed by atoms with van der Waals surface area (Å²) in [6.45, 7) is 1.93. The van der Waals surface area contributed by atoms with Gasteiger partial charge in [0.25, 0.3) is 0 Å². The van der Waals surface area contributed by atoms with E-state index in [1.54, 1.807) is 12.1 Å². The molecule has 0 amide bonds. The Morgan fingerprint density at radius 1 is 1.56 bits per heavy atom. The summed E-state index contributed by atoms with van der Waals surface area (Å²) < 4.78 is 12.9. The van der Waals surface area contributed by atoms with Crippen LogP contribution in [-0.4, -0.2) is 36.4 Å². The van der Waals surface area contributed by atoms with Crippen molar-refractivity contribution in [3.05, 3.63) is 35.6 Å². The lowest BCUT2D eigenvalue weighted by molar-refractivity contribution is 0.0944. The van der Waals surface area contributed by atoms with Gasteiger partial charge in [0.15, 0.2) is 5.78 Å². The van der Waals surface area contributed by atoms with Crippen LogP contribution in [0.4, 0.5) is 4.39 Å². The lowest BCUT2D eigenvalue weighted by atomic mass is 10.1. The highest BCUT2D eigenvalue weighted by Crippen LogP contribution is 2.10. The predicted molar refractivity (Wildman–Crippen MR) is 59.8 cm³/mol. The Balaban J connectivity index is 1.98. The molecule has 0 bridgehead atoms. The van der Waals surface area contributed by atoms with Crippen molar-refractivity contribution in [2.45, 2.75) is 12.5 Å². The van der Waals surface area contributed by atoms with Crippen molar-refractivity contribution in [2.75, 3.05) is 19.6 Å². The Hall–Kier alpha value is -1.26. The maximum atomic E-state index is 12.9. The van der Waals surface area contributed by atoms with Crippen LogP contribution in [0.3, 0.4) is 0 Å². The summed E-state index contributed by atoms with van der Waals surface area (Å²) in [5.74, 6) is -0.419. The second-order valence-corrected chi connectivity index (χ2v) is 4.22. The molecule has 1 heterocycles. The van der Waals surface area contributed by atoms with Gasteiger partial charge in [-0.1, -0.05) is 12.1 Å². The Morgan fingerprint density at radius 3 is 3.00 bits per heavy atom. The van der Waals surface area contributed by atoms with Gasteiger partial charge < -0.3 is 5.73 Å². The number of likely N-dealkylation sites (tertiary alicyclic amines) is 1. The fraction of sp³-hybridized carbons (Fsp3) is 0.417. The fourth-order valence-corrected chi connectivity index (χ4v) is 1.96. The highest BCUT2D eigenvalue weighted by Gasteiger charge is 2.21. The van der Waals surface area contributed by atoms with Crippen LogP contribution in [0.15, 0.2) is 24.3 Å². The first-order chi connectivity index (χ1) is 7.65. The molecular weight excluding hydrogens is 207 g/mol. The van der Waals surface area contributed by atoms with Gasteiger partial charge in [-0.05, 0) is 18.6 Å². The van der Waals surface area contributed by atoms with Crippen LogP contribution in [-0.2, 0) is 0 Å². The van der Waals surface area contributed by atoms with E-state index in [0.29, 0.717) is 12.1 Å². The van der Waals surface area contributed by atoms with Crippen molar-refractivity contribution in [1.82, 2.24) is 4.90 Å². The van der Waals surface area contributed by atoms with Gasteiger partial charge in [0.2, 0.25) is 0 Å². The monoisotopic (exact) mass is 222 g/mol. The maximum Gasteiger partial charge on any atom is 0.176 e. The number of hydrogen-bond donors (Lipinski definition) is 1. The molecule has 3 nitrogen and oxygen atoms in total. The van der Waals surface area contributed by atoms with Gasteiger partial charge >= 0.3 is 0 Å². The lowest BCUT2D eigenvalue weighted by Crippen LogP contribution is -2.31. The van der Waals surface area contributed by atoms with E-state index in [1.165, 1.54) is 12.1 Å². The molecule has 2 N–H and O–H groups in total. The third-order valence-electron chi connectivity index (χ3n) is 2.82. The molecule has 0 spiro atoms. The highest BCUT2D eigenvalue weighted by atomic mass is 19.1. The molecule has 1 atom stereocenters. The summed E-state index contributed by atoms with van der Waals surface area (Å²) in [5.41, 5.74) is 6.18. The van der Waals surface area contributed by atoms with Crippen molar-refractivity contribution in [2.24, 2.45) is 5.73 Å². The fourth-order valence-electron chi connectivity index (χ4n) is 1.96. The second-order valence-electron chi connectivity index (χ2n) is 4.22. The number of nitrogens with zero attached hydrogens (tertiary/aromatic N) is 1. The van der Waals surface area contributed by atoms with Gasteiger partial charge in [0.05, 0.1) is 6.54 Å². The lowest BCUT2D eigenvalue weighted by Gasteiger charge is -2.13. The number of benzene rings is 1. The van der Waals surface area contributed by atoms with E-state index in [0.717, 1.165) is 19.5 Å². The van der Waals surface area contributed by atoms with E-state index in [2.05, 4.69) is 0 Å². The minimum atomic E-state index is -0.371. The number of rotatable bonds is 3. The Labute approximate surface area is 94.0 Å². The number of hydrogen-bond acceptors (Lipinski definition) is 3. The number of halogens is 1. The highest BCUT2D eigenvalue weighted by molar-refractivity contribution is 5.97. The molecule has 1 aromatic rings. The summed E-state index contributed by atoms with van der Waals surface area (Å²) in [4.78, 5) is 13.8. The number of Topliss-reactive ketones (excluding diaryl/α,β-unsaturated/α-hetero) is 1. The van der Waals surface area contributed by atoms with Crippen LogP contribution >= 0.6 is 0 Å². The summed E-state index contributed by atoms with van der Waals surface area (Å²) in [7, 11) is 0. The molecule has 1 unspecified atom stereocenters. The Morgan fingerprint density at radius 2 is 2.38 bits per heavy atom. The van der Waals surface area contributed by atoms with Crippen molar-refractivity contribution >= 4 is 5.78 Å². The van der Waals surface area contributed by atoms with E-state index in [1.807, 2.05) is 4.90 Å². The minimum absolute atomic E-state index is 0.0476. The van der Waals surface area contributed by atoms with Gasteiger partial charge in [-0.2, -0.15) is 0 Å². The first-order valence-electron chi connectivity index (χ1n) is 5.42. The summed E-state index contributed by atoms with van der Waals surface area (Å²) in [5, 5.41) is 0. The van der Waals surface area contributed by atoms with Crippen LogP contribution in [0.1, 0.15) is 16.8 Å². The summed E-state index contributed by atoms with van der Waals surface area (Å²) in [6.07, 6.45) is 0.927. The van der Waals surface area contributed by atoms with Crippen molar-refractivity contribution < 1.29 is 9.18 Å². The number of carbonyl (C=O) groups excluding carboxylic acids is 1. The molecule has 4 heteroatoms. The molecule has 0 radical (unpaired) electrons. The Kier molecular flexibility index (Phi) is 3.31. The number of nitrogens with two attached hydrogens (primary N) is 1. The van der Waals surface area contributed by atoms with Crippen molar-refractivity contribution in [1.29, 1.82) is 0 Å². The molecule has 0 saturated carbocycles. The predicted octanol–water partition coefficient (Wildman–Crippen LogP) is 1.04. The van der Waals surface area contributed by atoms with Crippen LogP contribution < -0.4 is 5.73 Å². The van der Waals surface area contributed by atoms with E-state index < -0.39 is 0 Å². The van der Waals surface area contributed by atoms with E-state index in [-0.39, 0.29) is 17.6 Å². The molecule has 16 heavy (non-hydrogen) atoms. The zero-order chi connectivity index (χ0) is 11.5. The van der Waals surface area contributed by atoms with E-state index in [9.17, 15) is 9.18 Å². The minimum Gasteiger partial charge on any atom is -0.326 e. The summed E-state index contributed by atoms with van der Waals surface area (Å²) >= 11 is 0. The molecule has 1 aliphatic heterocycles. The quantitative estimate of drug-likeness (QED) is 0.777. The van der Waals surface area contributed by atoms with E-state index in [4.69, 9.17) is 5.73 Å². The molecule has 1 aliphatic rings. The molecule has 86 valence electrons. The average Bonchev–Trinajstić information content (AvgIpc) is 2.64. The molecule has 2 rings (SSSR count). The smallest absolute Gasteiger partial charge is 0.176 e. The third kappa shape index (κ3) is 2.65. The van der Waals surface area contributed by atoms with Gasteiger partial charge in [0.1, 0.15) is 5.82 Å². The number of carbonyl (C=O) groups is 1. The third-order valence-corrected chi connectivity index (χ3v) is 2.82. The van der Waals surface area contributed by atoms with Gasteiger partial charge in [-0.3, -0.25) is 9.69 Å². The molecule has 0 aromatic heterocycles. The summed E-state index contributed by atoms with van der Waals surface area (Å²) in [6, 6.07) is 5.97. The van der Waals surface area contributed by atoms with Gasteiger partial charge in [-0.25, -0.2) is 4.39 Å². The zero-order valence-electron chi connectivity index (χ0n) is 9.03.